The second-order valence-electron chi connectivity index (χ2n) is 6.49. The Hall–Kier alpha value is -1.60. The van der Waals surface area contributed by atoms with E-state index in [-0.39, 0.29) is 18.4 Å². The van der Waals surface area contributed by atoms with Crippen molar-refractivity contribution in [1.82, 2.24) is 19.7 Å². The SMILES string of the molecule is O=C([C@@H]1CCCC[C@@H]1C(F)(F)F)N1CCC[C@@H](n2cncn2)C1. The Labute approximate surface area is 132 Å². The van der Waals surface area contributed by atoms with Crippen molar-refractivity contribution in [2.24, 2.45) is 11.8 Å². The molecule has 8 heteroatoms. The summed E-state index contributed by atoms with van der Waals surface area (Å²) in [5.41, 5.74) is 0. The van der Waals surface area contributed by atoms with Crippen LogP contribution in [0.25, 0.3) is 0 Å². The van der Waals surface area contributed by atoms with Crippen molar-refractivity contribution < 1.29 is 18.0 Å². The van der Waals surface area contributed by atoms with Gasteiger partial charge < -0.3 is 4.90 Å². The summed E-state index contributed by atoms with van der Waals surface area (Å²) < 4.78 is 41.4. The monoisotopic (exact) mass is 330 g/mol. The Morgan fingerprint density at radius 2 is 1.91 bits per heavy atom. The van der Waals surface area contributed by atoms with Crippen LogP contribution in [-0.4, -0.2) is 44.8 Å². The summed E-state index contributed by atoms with van der Waals surface area (Å²) in [5.74, 6) is -2.74. The van der Waals surface area contributed by atoms with Gasteiger partial charge in [-0.15, -0.1) is 0 Å². The van der Waals surface area contributed by atoms with Crippen LogP contribution in [0.1, 0.15) is 44.6 Å². The van der Waals surface area contributed by atoms with Crippen molar-refractivity contribution in [3.05, 3.63) is 12.7 Å². The number of piperidine rings is 1. The molecule has 0 radical (unpaired) electrons. The summed E-state index contributed by atoms with van der Waals surface area (Å²) in [6.45, 7) is 0.953. The molecule has 3 rings (SSSR count). The predicted octanol–water partition coefficient (Wildman–Crippen LogP) is 2.81. The highest BCUT2D eigenvalue weighted by Crippen LogP contribution is 2.42. The molecule has 0 spiro atoms. The van der Waals surface area contributed by atoms with Crippen LogP contribution in [0.5, 0.6) is 0 Å². The van der Waals surface area contributed by atoms with E-state index in [0.29, 0.717) is 32.4 Å². The quantitative estimate of drug-likeness (QED) is 0.838. The van der Waals surface area contributed by atoms with E-state index in [0.717, 1.165) is 12.8 Å². The Balaban J connectivity index is 1.71. The largest absolute Gasteiger partial charge is 0.392 e. The minimum atomic E-state index is -4.29. The number of amides is 1. The first-order chi connectivity index (χ1) is 11.0. The summed E-state index contributed by atoms with van der Waals surface area (Å²) >= 11 is 0. The van der Waals surface area contributed by atoms with Gasteiger partial charge in [0, 0.05) is 19.0 Å². The highest BCUT2D eigenvalue weighted by Gasteiger charge is 2.49. The maximum absolute atomic E-state index is 13.2. The number of alkyl halides is 3. The molecular weight excluding hydrogens is 309 g/mol. The minimum absolute atomic E-state index is 0.00290. The van der Waals surface area contributed by atoms with Gasteiger partial charge in [-0.1, -0.05) is 12.8 Å². The fourth-order valence-corrected chi connectivity index (χ4v) is 3.83. The molecule has 0 N–H and O–H groups in total. The number of hydrogen-bond donors (Lipinski definition) is 0. The third-order valence-electron chi connectivity index (χ3n) is 5.02. The van der Waals surface area contributed by atoms with Gasteiger partial charge in [-0.05, 0) is 25.7 Å². The van der Waals surface area contributed by atoms with Crippen LogP contribution in [0, 0.1) is 11.8 Å². The third-order valence-corrected chi connectivity index (χ3v) is 5.02. The maximum Gasteiger partial charge on any atom is 0.392 e. The molecule has 2 aliphatic rings. The maximum atomic E-state index is 13.2. The molecule has 1 aromatic rings. The fourth-order valence-electron chi connectivity index (χ4n) is 3.83. The van der Waals surface area contributed by atoms with Crippen LogP contribution < -0.4 is 0 Å². The van der Waals surface area contributed by atoms with Crippen LogP contribution in [0.4, 0.5) is 13.2 Å². The van der Waals surface area contributed by atoms with Crippen molar-refractivity contribution in [2.75, 3.05) is 13.1 Å². The molecule has 3 atom stereocenters. The van der Waals surface area contributed by atoms with Crippen molar-refractivity contribution in [3.8, 4) is 0 Å². The smallest absolute Gasteiger partial charge is 0.340 e. The topological polar surface area (TPSA) is 51.0 Å². The molecule has 0 bridgehead atoms. The van der Waals surface area contributed by atoms with Gasteiger partial charge in [0.15, 0.2) is 0 Å². The van der Waals surface area contributed by atoms with Gasteiger partial charge in [0.1, 0.15) is 12.7 Å². The third kappa shape index (κ3) is 3.50. The van der Waals surface area contributed by atoms with Gasteiger partial charge in [0.2, 0.25) is 5.91 Å². The van der Waals surface area contributed by atoms with E-state index < -0.39 is 18.0 Å². The Morgan fingerprint density at radius 3 is 2.61 bits per heavy atom. The average molecular weight is 330 g/mol. The van der Waals surface area contributed by atoms with Gasteiger partial charge in [-0.3, -0.25) is 4.79 Å². The van der Waals surface area contributed by atoms with Gasteiger partial charge in [0.25, 0.3) is 0 Å². The van der Waals surface area contributed by atoms with E-state index >= 15 is 0 Å². The van der Waals surface area contributed by atoms with E-state index in [9.17, 15) is 18.0 Å². The lowest BCUT2D eigenvalue weighted by Crippen LogP contribution is -2.48. The van der Waals surface area contributed by atoms with E-state index in [1.807, 2.05) is 0 Å². The van der Waals surface area contributed by atoms with Crippen LogP contribution in [0.2, 0.25) is 0 Å². The molecule has 0 aromatic carbocycles. The lowest BCUT2D eigenvalue weighted by atomic mass is 9.77. The zero-order valence-electron chi connectivity index (χ0n) is 12.9. The Kier molecular flexibility index (Phi) is 4.59. The number of nitrogens with zero attached hydrogens (tertiary/aromatic N) is 4. The van der Waals surface area contributed by atoms with E-state index in [4.69, 9.17) is 0 Å². The average Bonchev–Trinajstić information content (AvgIpc) is 3.08. The van der Waals surface area contributed by atoms with Crippen LogP contribution in [-0.2, 0) is 4.79 Å². The van der Waals surface area contributed by atoms with Crippen LogP contribution in [0.3, 0.4) is 0 Å². The van der Waals surface area contributed by atoms with Crippen LogP contribution >= 0.6 is 0 Å². The van der Waals surface area contributed by atoms with Crippen molar-refractivity contribution in [3.63, 3.8) is 0 Å². The first-order valence-electron chi connectivity index (χ1n) is 8.16. The van der Waals surface area contributed by atoms with Crippen LogP contribution in [0.15, 0.2) is 12.7 Å². The molecule has 2 heterocycles. The molecule has 0 unspecified atom stereocenters. The van der Waals surface area contributed by atoms with Gasteiger partial charge in [0.05, 0.1) is 12.0 Å². The minimum Gasteiger partial charge on any atom is -0.340 e. The molecule has 1 aromatic heterocycles. The highest BCUT2D eigenvalue weighted by molar-refractivity contribution is 5.79. The van der Waals surface area contributed by atoms with E-state index in [1.54, 1.807) is 15.9 Å². The summed E-state index contributed by atoms with van der Waals surface area (Å²) in [4.78, 5) is 18.2. The number of halogens is 3. The molecule has 1 aliphatic carbocycles. The van der Waals surface area contributed by atoms with E-state index in [1.165, 1.54) is 6.33 Å². The molecule has 23 heavy (non-hydrogen) atoms. The van der Waals surface area contributed by atoms with Crippen molar-refractivity contribution in [2.45, 2.75) is 50.7 Å². The zero-order chi connectivity index (χ0) is 16.4. The lowest BCUT2D eigenvalue weighted by molar-refractivity contribution is -0.201. The first-order valence-corrected chi connectivity index (χ1v) is 8.16. The Bertz CT molecular complexity index is 531. The molecule has 5 nitrogen and oxygen atoms in total. The molecule has 1 saturated heterocycles. The predicted molar refractivity (Wildman–Crippen MR) is 76.4 cm³/mol. The number of rotatable bonds is 2. The van der Waals surface area contributed by atoms with Gasteiger partial charge in [-0.2, -0.15) is 18.3 Å². The molecule has 1 amide bonds. The fraction of sp³-hybridized carbons (Fsp3) is 0.800. The number of carbonyl (C=O) groups excluding carboxylic acids is 1. The molecular formula is C15H21F3N4O. The highest BCUT2D eigenvalue weighted by atomic mass is 19.4. The number of carbonyl (C=O) groups is 1. The molecule has 128 valence electrons. The molecule has 2 fully saturated rings. The molecule has 1 saturated carbocycles. The number of likely N-dealkylation sites (tertiary alicyclic amines) is 1. The second-order valence-corrected chi connectivity index (χ2v) is 6.49. The van der Waals surface area contributed by atoms with E-state index in [2.05, 4.69) is 10.1 Å². The first kappa shape index (κ1) is 16.3. The van der Waals surface area contributed by atoms with Crippen molar-refractivity contribution >= 4 is 5.91 Å². The summed E-state index contributed by atoms with van der Waals surface area (Å²) in [6, 6.07) is 0.00290. The summed E-state index contributed by atoms with van der Waals surface area (Å²) in [5, 5.41) is 4.09. The Morgan fingerprint density at radius 1 is 1.13 bits per heavy atom. The zero-order valence-corrected chi connectivity index (χ0v) is 12.9. The normalized spacial score (nSPS) is 29.5. The lowest BCUT2D eigenvalue weighted by Gasteiger charge is -2.39. The number of aromatic nitrogens is 3. The summed E-state index contributed by atoms with van der Waals surface area (Å²) in [6.07, 6.45) is 2.04. The standard InChI is InChI=1S/C15H21F3N4O/c16-15(17,18)13-6-2-1-5-12(13)14(23)21-7-3-4-11(8-21)22-10-19-9-20-22/h9-13H,1-8H2/t11-,12-,13+/m1/s1. The van der Waals surface area contributed by atoms with Gasteiger partial charge >= 0.3 is 6.18 Å². The molecule has 1 aliphatic heterocycles. The number of hydrogen-bond acceptors (Lipinski definition) is 3. The summed E-state index contributed by atoms with van der Waals surface area (Å²) in [7, 11) is 0. The van der Waals surface area contributed by atoms with Gasteiger partial charge in [-0.25, -0.2) is 9.67 Å². The van der Waals surface area contributed by atoms with Crippen molar-refractivity contribution in [1.29, 1.82) is 0 Å². The second kappa shape index (κ2) is 6.49.